The Labute approximate surface area is 87.5 Å². The summed E-state index contributed by atoms with van der Waals surface area (Å²) in [6.45, 7) is 0. The SMILES string of the molecule is O=c1cc(OC(F)(F)F)[nH]c2ccccc12. The van der Waals surface area contributed by atoms with Gasteiger partial charge in [0.05, 0.1) is 5.52 Å². The summed E-state index contributed by atoms with van der Waals surface area (Å²) in [5, 5.41) is 0.317. The summed E-state index contributed by atoms with van der Waals surface area (Å²) in [6, 6.07) is 7.03. The summed E-state index contributed by atoms with van der Waals surface area (Å²) in [5.74, 6) is -0.615. The smallest absolute Gasteiger partial charge is 0.390 e. The number of hydrogen-bond acceptors (Lipinski definition) is 2. The highest BCUT2D eigenvalue weighted by Gasteiger charge is 2.31. The fourth-order valence-electron chi connectivity index (χ4n) is 1.35. The lowest BCUT2D eigenvalue weighted by Gasteiger charge is -2.08. The number of hydrogen-bond donors (Lipinski definition) is 1. The minimum absolute atomic E-state index is 0.300. The normalized spacial score (nSPS) is 11.7. The highest BCUT2D eigenvalue weighted by Crippen LogP contribution is 2.21. The Morgan fingerprint density at radius 2 is 1.88 bits per heavy atom. The van der Waals surface area contributed by atoms with Crippen LogP contribution in [0.1, 0.15) is 0 Å². The summed E-state index contributed by atoms with van der Waals surface area (Å²) in [6.07, 6.45) is -4.81. The molecule has 0 bridgehead atoms. The van der Waals surface area contributed by atoms with E-state index < -0.39 is 17.7 Å². The molecule has 0 aliphatic heterocycles. The van der Waals surface area contributed by atoms with E-state index in [2.05, 4.69) is 9.72 Å². The number of para-hydroxylation sites is 1. The van der Waals surface area contributed by atoms with Gasteiger partial charge in [-0.3, -0.25) is 4.79 Å². The van der Waals surface area contributed by atoms with Crippen LogP contribution in [-0.2, 0) is 0 Å². The van der Waals surface area contributed by atoms with E-state index in [0.717, 1.165) is 6.07 Å². The molecule has 0 radical (unpaired) electrons. The van der Waals surface area contributed by atoms with Crippen LogP contribution in [0.5, 0.6) is 5.88 Å². The minimum atomic E-state index is -4.81. The van der Waals surface area contributed by atoms with Gasteiger partial charge in [0, 0.05) is 11.5 Å². The molecule has 1 aromatic heterocycles. The first-order chi connectivity index (χ1) is 7.46. The average molecular weight is 229 g/mol. The molecule has 6 heteroatoms. The highest BCUT2D eigenvalue weighted by molar-refractivity contribution is 5.78. The fourth-order valence-corrected chi connectivity index (χ4v) is 1.35. The second-order valence-electron chi connectivity index (χ2n) is 3.09. The first kappa shape index (κ1) is 10.5. The van der Waals surface area contributed by atoms with Crippen LogP contribution in [0, 0.1) is 0 Å². The van der Waals surface area contributed by atoms with E-state index in [1.807, 2.05) is 0 Å². The standard InChI is InChI=1S/C10H6F3NO2/c11-10(12,13)16-9-5-8(15)6-3-1-2-4-7(6)14-9/h1-5H,(H,14,15). The predicted octanol–water partition coefficient (Wildman–Crippen LogP) is 2.43. The van der Waals surface area contributed by atoms with E-state index in [4.69, 9.17) is 0 Å². The largest absolute Gasteiger partial charge is 0.574 e. The number of aromatic nitrogens is 1. The van der Waals surface area contributed by atoms with Crippen LogP contribution < -0.4 is 10.2 Å². The first-order valence-corrected chi connectivity index (χ1v) is 4.33. The van der Waals surface area contributed by atoms with Crippen molar-refractivity contribution in [1.29, 1.82) is 0 Å². The first-order valence-electron chi connectivity index (χ1n) is 4.33. The Bertz CT molecular complexity index is 574. The van der Waals surface area contributed by atoms with Crippen molar-refractivity contribution in [3.05, 3.63) is 40.6 Å². The minimum Gasteiger partial charge on any atom is -0.390 e. The Kier molecular flexibility index (Phi) is 2.34. The molecule has 1 N–H and O–H groups in total. The Morgan fingerprint density at radius 1 is 1.19 bits per heavy atom. The number of benzene rings is 1. The van der Waals surface area contributed by atoms with Gasteiger partial charge in [0.1, 0.15) is 0 Å². The number of rotatable bonds is 1. The molecule has 16 heavy (non-hydrogen) atoms. The van der Waals surface area contributed by atoms with E-state index in [0.29, 0.717) is 10.9 Å². The van der Waals surface area contributed by atoms with Crippen LogP contribution in [0.15, 0.2) is 35.1 Å². The zero-order valence-corrected chi connectivity index (χ0v) is 7.84. The molecule has 0 saturated carbocycles. The molecule has 3 nitrogen and oxygen atoms in total. The third kappa shape index (κ3) is 2.16. The van der Waals surface area contributed by atoms with E-state index in [1.165, 1.54) is 12.1 Å². The monoisotopic (exact) mass is 229 g/mol. The lowest BCUT2D eigenvalue weighted by atomic mass is 10.2. The van der Waals surface area contributed by atoms with Crippen LogP contribution in [0.3, 0.4) is 0 Å². The number of fused-ring (bicyclic) bond motifs is 1. The second kappa shape index (κ2) is 3.55. The zero-order valence-electron chi connectivity index (χ0n) is 7.84. The molecule has 2 rings (SSSR count). The van der Waals surface area contributed by atoms with Crippen molar-refractivity contribution in [3.8, 4) is 5.88 Å². The average Bonchev–Trinajstić information content (AvgIpc) is 2.15. The Balaban J connectivity index is 2.54. The van der Waals surface area contributed by atoms with E-state index >= 15 is 0 Å². The molecule has 1 heterocycles. The van der Waals surface area contributed by atoms with Gasteiger partial charge in [0.25, 0.3) is 0 Å². The van der Waals surface area contributed by atoms with Crippen LogP contribution in [-0.4, -0.2) is 11.3 Å². The van der Waals surface area contributed by atoms with Crippen molar-refractivity contribution < 1.29 is 17.9 Å². The Hall–Kier alpha value is -1.98. The third-order valence-corrected chi connectivity index (χ3v) is 1.94. The van der Waals surface area contributed by atoms with Crippen LogP contribution in [0.2, 0.25) is 0 Å². The third-order valence-electron chi connectivity index (χ3n) is 1.94. The molecule has 84 valence electrons. The van der Waals surface area contributed by atoms with Gasteiger partial charge < -0.3 is 9.72 Å². The number of pyridine rings is 1. The van der Waals surface area contributed by atoms with Gasteiger partial charge in [0.15, 0.2) is 5.43 Å². The highest BCUT2D eigenvalue weighted by atomic mass is 19.4. The van der Waals surface area contributed by atoms with Crippen molar-refractivity contribution in [2.45, 2.75) is 6.36 Å². The lowest BCUT2D eigenvalue weighted by molar-refractivity contribution is -0.276. The molecule has 1 aromatic carbocycles. The maximum absolute atomic E-state index is 11.9. The van der Waals surface area contributed by atoms with Crippen molar-refractivity contribution in [3.63, 3.8) is 0 Å². The summed E-state index contributed by atoms with van der Waals surface area (Å²) < 4.78 is 39.4. The van der Waals surface area contributed by atoms with Gasteiger partial charge in [-0.05, 0) is 12.1 Å². The lowest BCUT2D eigenvalue weighted by Crippen LogP contribution is -2.19. The summed E-state index contributed by atoms with van der Waals surface area (Å²) in [7, 11) is 0. The molecule has 0 spiro atoms. The molecule has 0 atom stereocenters. The van der Waals surface area contributed by atoms with Gasteiger partial charge in [-0.1, -0.05) is 12.1 Å². The van der Waals surface area contributed by atoms with Crippen molar-refractivity contribution in [2.75, 3.05) is 0 Å². The zero-order chi connectivity index (χ0) is 11.8. The molecular weight excluding hydrogens is 223 g/mol. The Morgan fingerprint density at radius 3 is 2.56 bits per heavy atom. The van der Waals surface area contributed by atoms with Crippen molar-refractivity contribution >= 4 is 10.9 Å². The van der Waals surface area contributed by atoms with Gasteiger partial charge in [-0.2, -0.15) is 0 Å². The molecule has 0 saturated heterocycles. The number of H-pyrrole nitrogens is 1. The van der Waals surface area contributed by atoms with Gasteiger partial charge >= 0.3 is 6.36 Å². The summed E-state index contributed by atoms with van der Waals surface area (Å²) in [5.41, 5.74) is -0.220. The van der Waals surface area contributed by atoms with Crippen molar-refractivity contribution in [2.24, 2.45) is 0 Å². The van der Waals surface area contributed by atoms with E-state index in [-0.39, 0.29) is 0 Å². The van der Waals surface area contributed by atoms with E-state index in [1.54, 1.807) is 12.1 Å². The van der Waals surface area contributed by atoms with Gasteiger partial charge in [-0.15, -0.1) is 13.2 Å². The molecule has 0 fully saturated rings. The molecule has 0 unspecified atom stereocenters. The quantitative estimate of drug-likeness (QED) is 0.815. The van der Waals surface area contributed by atoms with Crippen LogP contribution >= 0.6 is 0 Å². The van der Waals surface area contributed by atoms with Gasteiger partial charge in [0.2, 0.25) is 5.88 Å². The summed E-state index contributed by atoms with van der Waals surface area (Å²) in [4.78, 5) is 13.8. The molecule has 0 aliphatic rings. The van der Waals surface area contributed by atoms with Crippen LogP contribution in [0.25, 0.3) is 10.9 Å². The summed E-state index contributed by atoms with van der Waals surface area (Å²) >= 11 is 0. The molecule has 0 amide bonds. The molecule has 0 aliphatic carbocycles. The molecule has 2 aromatic rings. The number of halogens is 3. The number of alkyl halides is 3. The number of nitrogens with one attached hydrogen (secondary N) is 1. The molecular formula is C10H6F3NO2. The maximum atomic E-state index is 11.9. The van der Waals surface area contributed by atoms with Crippen LogP contribution in [0.4, 0.5) is 13.2 Å². The number of ether oxygens (including phenoxy) is 1. The predicted molar refractivity (Wildman–Crippen MR) is 51.3 cm³/mol. The fraction of sp³-hybridized carbons (Fsp3) is 0.100. The van der Waals surface area contributed by atoms with E-state index in [9.17, 15) is 18.0 Å². The topological polar surface area (TPSA) is 42.1 Å². The van der Waals surface area contributed by atoms with Crippen molar-refractivity contribution in [1.82, 2.24) is 4.98 Å². The van der Waals surface area contributed by atoms with Gasteiger partial charge in [-0.25, -0.2) is 0 Å². The second-order valence-corrected chi connectivity index (χ2v) is 3.09. The number of aromatic amines is 1. The maximum Gasteiger partial charge on any atom is 0.574 e.